The number of carbonyl (C=O) groups is 1. The molecule has 1 heterocycles. The molecule has 22 heavy (non-hydrogen) atoms. The fourth-order valence-corrected chi connectivity index (χ4v) is 1.84. The smallest absolute Gasteiger partial charge is 0.328 e. The predicted molar refractivity (Wildman–Crippen MR) is 84.5 cm³/mol. The Labute approximate surface area is 128 Å². The van der Waals surface area contributed by atoms with Crippen LogP contribution in [0, 0.1) is 0 Å². The van der Waals surface area contributed by atoms with Gasteiger partial charge in [-0.2, -0.15) is 0 Å². The monoisotopic (exact) mass is 299 g/mol. The van der Waals surface area contributed by atoms with E-state index in [2.05, 4.69) is 15.3 Å². The van der Waals surface area contributed by atoms with E-state index in [-0.39, 0.29) is 0 Å². The van der Waals surface area contributed by atoms with Gasteiger partial charge in [-0.05, 0) is 17.7 Å². The third-order valence-electron chi connectivity index (χ3n) is 2.85. The van der Waals surface area contributed by atoms with Crippen molar-refractivity contribution in [2.75, 3.05) is 25.6 Å². The summed E-state index contributed by atoms with van der Waals surface area (Å²) in [6.45, 7) is 1.23. The average molecular weight is 299 g/mol. The van der Waals surface area contributed by atoms with Crippen LogP contribution in [0.3, 0.4) is 0 Å². The van der Waals surface area contributed by atoms with E-state index in [4.69, 9.17) is 9.84 Å². The Bertz CT molecular complexity index is 671. The third-order valence-corrected chi connectivity index (χ3v) is 2.85. The van der Waals surface area contributed by atoms with Crippen LogP contribution in [0.25, 0.3) is 17.3 Å². The summed E-state index contributed by atoms with van der Waals surface area (Å²) in [4.78, 5) is 19.2. The number of hydrogen-bond donors (Lipinski definition) is 2. The van der Waals surface area contributed by atoms with Gasteiger partial charge in [0, 0.05) is 25.3 Å². The van der Waals surface area contributed by atoms with E-state index < -0.39 is 5.97 Å². The summed E-state index contributed by atoms with van der Waals surface area (Å²) < 4.78 is 4.97. The minimum absolute atomic E-state index is 0.585. The second kappa shape index (κ2) is 7.90. The summed E-state index contributed by atoms with van der Waals surface area (Å²) in [6.07, 6.45) is 5.96. The van der Waals surface area contributed by atoms with Crippen LogP contribution in [0.4, 0.5) is 5.82 Å². The third kappa shape index (κ3) is 4.68. The highest BCUT2D eigenvalue weighted by Crippen LogP contribution is 2.19. The molecule has 0 radical (unpaired) electrons. The minimum Gasteiger partial charge on any atom is -0.478 e. The molecule has 0 fully saturated rings. The maximum atomic E-state index is 10.6. The number of carboxylic acids is 1. The molecule has 0 aliphatic carbocycles. The highest BCUT2D eigenvalue weighted by atomic mass is 16.5. The fraction of sp³-hybridized carbons (Fsp3) is 0.188. The Kier molecular flexibility index (Phi) is 5.62. The normalized spacial score (nSPS) is 10.8. The number of ether oxygens (including phenoxy) is 1. The largest absolute Gasteiger partial charge is 0.478 e. The van der Waals surface area contributed by atoms with Crippen molar-refractivity contribution in [1.82, 2.24) is 9.97 Å². The first-order valence-electron chi connectivity index (χ1n) is 6.75. The molecule has 6 nitrogen and oxygen atoms in total. The van der Waals surface area contributed by atoms with Gasteiger partial charge >= 0.3 is 5.97 Å². The van der Waals surface area contributed by atoms with Gasteiger partial charge in [0.15, 0.2) is 0 Å². The molecule has 0 atom stereocenters. The number of nitrogens with zero attached hydrogens (tertiary/aromatic N) is 2. The molecule has 1 aromatic carbocycles. The van der Waals surface area contributed by atoms with Crippen LogP contribution in [0.1, 0.15) is 5.56 Å². The molecule has 0 saturated heterocycles. The van der Waals surface area contributed by atoms with Crippen LogP contribution in [0.2, 0.25) is 0 Å². The lowest BCUT2D eigenvalue weighted by Crippen LogP contribution is -2.09. The first-order valence-corrected chi connectivity index (χ1v) is 6.75. The van der Waals surface area contributed by atoms with Crippen LogP contribution in [0.5, 0.6) is 0 Å². The van der Waals surface area contributed by atoms with Crippen molar-refractivity contribution in [3.8, 4) is 11.3 Å². The molecule has 2 aromatic rings. The van der Waals surface area contributed by atoms with E-state index in [0.717, 1.165) is 17.2 Å². The number of benzene rings is 1. The summed E-state index contributed by atoms with van der Waals surface area (Å²) >= 11 is 0. The number of anilines is 1. The quantitative estimate of drug-likeness (QED) is 0.603. The average Bonchev–Trinajstić information content (AvgIpc) is 2.54. The zero-order chi connectivity index (χ0) is 15.8. The summed E-state index contributed by atoms with van der Waals surface area (Å²) in [5, 5.41) is 11.8. The van der Waals surface area contributed by atoms with E-state index in [9.17, 15) is 4.79 Å². The van der Waals surface area contributed by atoms with Gasteiger partial charge in [-0.25, -0.2) is 9.78 Å². The number of carboxylic acid groups (broad SMARTS) is 1. The Morgan fingerprint density at radius 1 is 1.41 bits per heavy atom. The predicted octanol–water partition coefficient (Wildman–Crippen LogP) is 2.30. The van der Waals surface area contributed by atoms with Gasteiger partial charge in [-0.1, -0.05) is 18.2 Å². The molecule has 1 aromatic heterocycles. The van der Waals surface area contributed by atoms with Crippen molar-refractivity contribution in [2.24, 2.45) is 0 Å². The molecular weight excluding hydrogens is 282 g/mol. The highest BCUT2D eigenvalue weighted by molar-refractivity contribution is 5.85. The zero-order valence-electron chi connectivity index (χ0n) is 12.2. The van der Waals surface area contributed by atoms with E-state index >= 15 is 0 Å². The molecule has 0 unspecified atom stereocenters. The highest BCUT2D eigenvalue weighted by Gasteiger charge is 2.02. The maximum Gasteiger partial charge on any atom is 0.328 e. The molecule has 6 heteroatoms. The topological polar surface area (TPSA) is 84.3 Å². The summed E-state index contributed by atoms with van der Waals surface area (Å²) in [5.41, 5.74) is 2.38. The zero-order valence-corrected chi connectivity index (χ0v) is 12.2. The van der Waals surface area contributed by atoms with E-state index in [1.807, 2.05) is 24.3 Å². The summed E-state index contributed by atoms with van der Waals surface area (Å²) in [5.74, 6) is -0.310. The molecule has 0 spiro atoms. The maximum absolute atomic E-state index is 10.6. The molecule has 0 amide bonds. The second-order valence-corrected chi connectivity index (χ2v) is 4.51. The first-order chi connectivity index (χ1) is 10.7. The van der Waals surface area contributed by atoms with Gasteiger partial charge in [0.25, 0.3) is 0 Å². The van der Waals surface area contributed by atoms with Crippen molar-refractivity contribution >= 4 is 17.9 Å². The standard InChI is InChI=1S/C16H17N3O3/c1-22-8-7-18-15-11-17-10-14(19-15)13-4-2-3-12(9-13)5-6-16(20)21/h2-6,9-11H,7-8H2,1H3,(H,18,19)(H,20,21)/b6-5+. The number of methoxy groups -OCH3 is 1. The van der Waals surface area contributed by atoms with E-state index in [1.54, 1.807) is 25.6 Å². The second-order valence-electron chi connectivity index (χ2n) is 4.51. The number of aliphatic carboxylic acids is 1. The van der Waals surface area contributed by atoms with Gasteiger partial charge < -0.3 is 15.2 Å². The molecule has 0 bridgehead atoms. The molecule has 2 N–H and O–H groups in total. The molecular formula is C16H17N3O3. The molecule has 0 saturated carbocycles. The van der Waals surface area contributed by atoms with Crippen molar-refractivity contribution < 1.29 is 14.6 Å². The van der Waals surface area contributed by atoms with E-state index in [0.29, 0.717) is 24.7 Å². The summed E-state index contributed by atoms with van der Waals surface area (Å²) in [7, 11) is 1.64. The SMILES string of the molecule is COCCNc1cncc(-c2cccc(/C=C/C(=O)O)c2)n1. The first kappa shape index (κ1) is 15.7. The van der Waals surface area contributed by atoms with Gasteiger partial charge in [-0.15, -0.1) is 0 Å². The van der Waals surface area contributed by atoms with Crippen LogP contribution in [-0.2, 0) is 9.53 Å². The Balaban J connectivity index is 2.19. The Morgan fingerprint density at radius 3 is 3.05 bits per heavy atom. The van der Waals surface area contributed by atoms with Crippen LogP contribution in [-0.4, -0.2) is 41.3 Å². The molecule has 0 aliphatic heterocycles. The van der Waals surface area contributed by atoms with Crippen molar-refractivity contribution in [1.29, 1.82) is 0 Å². The van der Waals surface area contributed by atoms with Crippen LogP contribution in [0.15, 0.2) is 42.7 Å². The van der Waals surface area contributed by atoms with Gasteiger partial charge in [0.2, 0.25) is 0 Å². The summed E-state index contributed by atoms with van der Waals surface area (Å²) in [6, 6.07) is 7.45. The number of nitrogens with one attached hydrogen (secondary N) is 1. The van der Waals surface area contributed by atoms with Gasteiger partial charge in [0.05, 0.1) is 24.7 Å². The van der Waals surface area contributed by atoms with Gasteiger partial charge in [-0.3, -0.25) is 4.98 Å². The van der Waals surface area contributed by atoms with Crippen molar-refractivity contribution in [3.63, 3.8) is 0 Å². The number of aromatic nitrogens is 2. The van der Waals surface area contributed by atoms with Crippen molar-refractivity contribution in [3.05, 3.63) is 48.3 Å². The fourth-order valence-electron chi connectivity index (χ4n) is 1.84. The lowest BCUT2D eigenvalue weighted by atomic mass is 10.1. The van der Waals surface area contributed by atoms with Crippen LogP contribution >= 0.6 is 0 Å². The minimum atomic E-state index is -0.977. The lowest BCUT2D eigenvalue weighted by Gasteiger charge is -2.07. The Morgan fingerprint density at radius 2 is 2.27 bits per heavy atom. The van der Waals surface area contributed by atoms with Gasteiger partial charge in [0.1, 0.15) is 5.82 Å². The lowest BCUT2D eigenvalue weighted by molar-refractivity contribution is -0.131. The molecule has 2 rings (SSSR count). The van der Waals surface area contributed by atoms with Crippen molar-refractivity contribution in [2.45, 2.75) is 0 Å². The number of hydrogen-bond acceptors (Lipinski definition) is 5. The molecule has 114 valence electrons. The Hall–Kier alpha value is -2.73. The van der Waals surface area contributed by atoms with E-state index in [1.165, 1.54) is 0 Å². The van der Waals surface area contributed by atoms with Crippen LogP contribution < -0.4 is 5.32 Å². The molecule has 0 aliphatic rings. The number of rotatable bonds is 7.